The molecule has 1 amide bonds. The molecule has 0 saturated heterocycles. The minimum atomic E-state index is -2.02. The predicted molar refractivity (Wildman–Crippen MR) is 124 cm³/mol. The van der Waals surface area contributed by atoms with Crippen molar-refractivity contribution in [2.45, 2.75) is 5.60 Å². The average molecular weight is 450 g/mol. The molecule has 0 saturated carbocycles. The molecule has 0 heterocycles. The number of para-hydroxylation sites is 1. The van der Waals surface area contributed by atoms with E-state index in [1.807, 2.05) is 0 Å². The number of hydrazone groups is 1. The van der Waals surface area contributed by atoms with Crippen molar-refractivity contribution in [3.05, 3.63) is 83.4 Å². The quantitative estimate of drug-likeness (QED) is 0.384. The minimum absolute atomic E-state index is 0.347. The van der Waals surface area contributed by atoms with Crippen LogP contribution < -0.4 is 24.4 Å². The summed E-state index contributed by atoms with van der Waals surface area (Å²) in [4.78, 5) is 13.2. The zero-order valence-electron chi connectivity index (χ0n) is 18.9. The van der Waals surface area contributed by atoms with Gasteiger partial charge in [0.1, 0.15) is 11.5 Å². The van der Waals surface area contributed by atoms with Gasteiger partial charge in [-0.15, -0.1) is 0 Å². The fraction of sp³-hybridized carbons (Fsp3) is 0.200. The molecular formula is C25H26N2O6. The van der Waals surface area contributed by atoms with Crippen LogP contribution in [0.1, 0.15) is 16.7 Å². The fourth-order valence-electron chi connectivity index (χ4n) is 3.35. The number of methoxy groups -OCH3 is 4. The molecule has 2 N–H and O–H groups in total. The van der Waals surface area contributed by atoms with Crippen molar-refractivity contribution in [3.63, 3.8) is 0 Å². The normalized spacial score (nSPS) is 11.2. The van der Waals surface area contributed by atoms with Gasteiger partial charge in [0.15, 0.2) is 17.1 Å². The van der Waals surface area contributed by atoms with Crippen molar-refractivity contribution < 1.29 is 28.8 Å². The van der Waals surface area contributed by atoms with Gasteiger partial charge in [0.25, 0.3) is 5.91 Å². The lowest BCUT2D eigenvalue weighted by molar-refractivity contribution is -0.136. The van der Waals surface area contributed by atoms with Gasteiger partial charge in [0.2, 0.25) is 0 Å². The summed E-state index contributed by atoms with van der Waals surface area (Å²) in [5, 5.41) is 15.7. The molecule has 0 spiro atoms. The highest BCUT2D eigenvalue weighted by Gasteiger charge is 2.40. The Bertz CT molecular complexity index is 1060. The topological polar surface area (TPSA) is 98.6 Å². The standard InChI is InChI=1S/C25H26N2O6/c1-30-20-12-8-18(9-13-20)25(29,19-10-14-21(31-2)15-11-19)24(28)27-26-16-17-6-5-7-22(32-3)23(17)33-4/h5-16,29H,1-4H3,(H,27,28)/b26-16+. The fourth-order valence-corrected chi connectivity index (χ4v) is 3.35. The van der Waals surface area contributed by atoms with E-state index in [9.17, 15) is 9.90 Å². The Morgan fingerprint density at radius 1 is 0.818 bits per heavy atom. The zero-order valence-corrected chi connectivity index (χ0v) is 18.9. The van der Waals surface area contributed by atoms with E-state index in [4.69, 9.17) is 18.9 Å². The number of nitrogens with zero attached hydrogens (tertiary/aromatic N) is 1. The Labute approximate surface area is 192 Å². The van der Waals surface area contributed by atoms with Crippen LogP contribution in [0.3, 0.4) is 0 Å². The van der Waals surface area contributed by atoms with Gasteiger partial charge in [-0.2, -0.15) is 5.10 Å². The second kappa shape index (κ2) is 10.5. The third kappa shape index (κ3) is 4.91. The number of aliphatic hydroxyl groups is 1. The second-order valence-corrected chi connectivity index (χ2v) is 6.95. The first-order chi connectivity index (χ1) is 16.0. The molecule has 0 aliphatic heterocycles. The first kappa shape index (κ1) is 23.6. The van der Waals surface area contributed by atoms with Crippen molar-refractivity contribution in [1.82, 2.24) is 5.43 Å². The largest absolute Gasteiger partial charge is 0.497 e. The smallest absolute Gasteiger partial charge is 0.281 e. The molecule has 8 heteroatoms. The summed E-state index contributed by atoms with van der Waals surface area (Å²) in [5.41, 5.74) is 1.70. The van der Waals surface area contributed by atoms with Gasteiger partial charge in [-0.3, -0.25) is 4.79 Å². The first-order valence-corrected chi connectivity index (χ1v) is 10.0. The molecule has 3 aromatic carbocycles. The Balaban J connectivity index is 1.95. The molecule has 3 aromatic rings. The molecule has 0 atom stereocenters. The van der Waals surface area contributed by atoms with Crippen molar-refractivity contribution in [1.29, 1.82) is 0 Å². The monoisotopic (exact) mass is 450 g/mol. The van der Waals surface area contributed by atoms with Gasteiger partial charge < -0.3 is 24.1 Å². The van der Waals surface area contributed by atoms with Crippen molar-refractivity contribution in [2.75, 3.05) is 28.4 Å². The van der Waals surface area contributed by atoms with Gasteiger partial charge in [-0.05, 0) is 47.5 Å². The number of hydrogen-bond donors (Lipinski definition) is 2. The molecule has 0 bridgehead atoms. The van der Waals surface area contributed by atoms with Gasteiger partial charge in [0.05, 0.1) is 34.7 Å². The molecular weight excluding hydrogens is 424 g/mol. The highest BCUT2D eigenvalue weighted by Crippen LogP contribution is 2.33. The average Bonchev–Trinajstić information content (AvgIpc) is 2.87. The SMILES string of the molecule is COc1ccc(C(O)(C(=O)N/N=C/c2cccc(OC)c2OC)c2ccc(OC)cc2)cc1. The van der Waals surface area contributed by atoms with E-state index in [1.165, 1.54) is 20.4 Å². The lowest BCUT2D eigenvalue weighted by Crippen LogP contribution is -2.43. The van der Waals surface area contributed by atoms with E-state index in [1.54, 1.807) is 80.9 Å². The van der Waals surface area contributed by atoms with Crippen LogP contribution in [-0.2, 0) is 10.4 Å². The van der Waals surface area contributed by atoms with E-state index in [0.717, 1.165) is 0 Å². The van der Waals surface area contributed by atoms with Gasteiger partial charge in [-0.25, -0.2) is 5.43 Å². The van der Waals surface area contributed by atoms with Crippen LogP contribution >= 0.6 is 0 Å². The van der Waals surface area contributed by atoms with Crippen LogP contribution in [0.2, 0.25) is 0 Å². The summed E-state index contributed by atoms with van der Waals surface area (Å²) >= 11 is 0. The van der Waals surface area contributed by atoms with E-state index < -0.39 is 11.5 Å². The summed E-state index contributed by atoms with van der Waals surface area (Å²) in [6.07, 6.45) is 1.42. The molecule has 0 aliphatic rings. The summed E-state index contributed by atoms with van der Waals surface area (Å²) in [7, 11) is 6.13. The van der Waals surface area contributed by atoms with Gasteiger partial charge >= 0.3 is 0 Å². The Hall–Kier alpha value is -4.04. The maximum absolute atomic E-state index is 13.2. The van der Waals surface area contributed by atoms with Crippen molar-refractivity contribution >= 4 is 12.1 Å². The van der Waals surface area contributed by atoms with E-state index in [-0.39, 0.29) is 0 Å². The second-order valence-electron chi connectivity index (χ2n) is 6.95. The zero-order chi connectivity index (χ0) is 23.8. The number of nitrogens with one attached hydrogen (secondary N) is 1. The number of rotatable bonds is 9. The number of amides is 1. The minimum Gasteiger partial charge on any atom is -0.497 e. The first-order valence-electron chi connectivity index (χ1n) is 10.0. The van der Waals surface area contributed by atoms with Crippen molar-refractivity contribution in [2.24, 2.45) is 5.10 Å². The lowest BCUT2D eigenvalue weighted by Gasteiger charge is -2.27. The lowest BCUT2D eigenvalue weighted by atomic mass is 9.85. The molecule has 0 aliphatic carbocycles. The Morgan fingerprint density at radius 3 is 1.82 bits per heavy atom. The summed E-state index contributed by atoms with van der Waals surface area (Å²) in [5.74, 6) is 1.45. The molecule has 0 unspecified atom stereocenters. The summed E-state index contributed by atoms with van der Waals surface area (Å²) in [6.45, 7) is 0. The highest BCUT2D eigenvalue weighted by atomic mass is 16.5. The van der Waals surface area contributed by atoms with Crippen LogP contribution in [-0.4, -0.2) is 45.7 Å². The molecule has 0 aromatic heterocycles. The maximum Gasteiger partial charge on any atom is 0.281 e. The van der Waals surface area contributed by atoms with Gasteiger partial charge in [0, 0.05) is 5.56 Å². The molecule has 0 radical (unpaired) electrons. The number of carbonyl (C=O) groups is 1. The molecule has 172 valence electrons. The highest BCUT2D eigenvalue weighted by molar-refractivity contribution is 5.92. The van der Waals surface area contributed by atoms with E-state index >= 15 is 0 Å². The molecule has 0 fully saturated rings. The molecule has 33 heavy (non-hydrogen) atoms. The molecule has 3 rings (SSSR count). The third-order valence-electron chi connectivity index (χ3n) is 5.15. The summed E-state index contributed by atoms with van der Waals surface area (Å²) < 4.78 is 21.0. The third-order valence-corrected chi connectivity index (χ3v) is 5.15. The Morgan fingerprint density at radius 2 is 1.36 bits per heavy atom. The maximum atomic E-state index is 13.2. The van der Waals surface area contributed by atoms with Crippen LogP contribution in [0.5, 0.6) is 23.0 Å². The number of carbonyl (C=O) groups excluding carboxylic acids is 1. The number of benzene rings is 3. The van der Waals surface area contributed by atoms with Crippen LogP contribution in [0.15, 0.2) is 71.8 Å². The van der Waals surface area contributed by atoms with E-state index in [2.05, 4.69) is 10.5 Å². The Kier molecular flexibility index (Phi) is 7.53. The summed E-state index contributed by atoms with van der Waals surface area (Å²) in [6, 6.07) is 18.4. The van der Waals surface area contributed by atoms with E-state index in [0.29, 0.717) is 39.7 Å². The van der Waals surface area contributed by atoms with Gasteiger partial charge in [-0.1, -0.05) is 30.3 Å². The van der Waals surface area contributed by atoms with Crippen molar-refractivity contribution in [3.8, 4) is 23.0 Å². The van der Waals surface area contributed by atoms with Crippen LogP contribution in [0.4, 0.5) is 0 Å². The van der Waals surface area contributed by atoms with Crippen LogP contribution in [0, 0.1) is 0 Å². The molecule has 8 nitrogen and oxygen atoms in total. The predicted octanol–water partition coefficient (Wildman–Crippen LogP) is 3.11. The number of hydrogen-bond acceptors (Lipinski definition) is 7. The number of ether oxygens (including phenoxy) is 4. The van der Waals surface area contributed by atoms with Crippen LogP contribution in [0.25, 0.3) is 0 Å².